The van der Waals surface area contributed by atoms with Crippen LogP contribution in [0.4, 0.5) is 5.13 Å². The number of aryl methyl sites for hydroxylation is 1. The first-order valence-corrected chi connectivity index (χ1v) is 10.1. The van der Waals surface area contributed by atoms with E-state index >= 15 is 0 Å². The number of hydrogen-bond acceptors (Lipinski definition) is 5. The third kappa shape index (κ3) is 4.17. The quantitative estimate of drug-likeness (QED) is 0.920. The summed E-state index contributed by atoms with van der Waals surface area (Å²) >= 11 is 1.37. The Balaban J connectivity index is 1.60. The van der Waals surface area contributed by atoms with Crippen LogP contribution < -0.4 is 5.32 Å². The highest BCUT2D eigenvalue weighted by Gasteiger charge is 2.29. The summed E-state index contributed by atoms with van der Waals surface area (Å²) in [5.74, 6) is 0.0700. The van der Waals surface area contributed by atoms with Crippen LogP contribution in [0.5, 0.6) is 0 Å². The number of rotatable bonds is 4. The molecule has 5 nitrogen and oxygen atoms in total. The van der Waals surface area contributed by atoms with Gasteiger partial charge in [0.05, 0.1) is 17.2 Å². The first-order valence-electron chi connectivity index (χ1n) is 7.44. The average Bonchev–Trinajstić information content (AvgIpc) is 3.06. The van der Waals surface area contributed by atoms with Crippen molar-refractivity contribution in [1.82, 2.24) is 4.98 Å². The second kappa shape index (κ2) is 6.41. The molecule has 1 N–H and O–H groups in total. The summed E-state index contributed by atoms with van der Waals surface area (Å²) in [7, 11) is -2.94. The maximum absolute atomic E-state index is 12.0. The van der Waals surface area contributed by atoms with Gasteiger partial charge in [0.15, 0.2) is 15.0 Å². The molecule has 1 fully saturated rings. The Hall–Kier alpha value is -1.73. The fraction of sp³-hybridized carbons (Fsp3) is 0.375. The number of carbonyl (C=O) groups excluding carboxylic acids is 1. The number of thiazole rings is 1. The van der Waals surface area contributed by atoms with Crippen LogP contribution in [0.2, 0.25) is 0 Å². The summed E-state index contributed by atoms with van der Waals surface area (Å²) in [6.45, 7) is 2.03. The minimum atomic E-state index is -2.94. The van der Waals surface area contributed by atoms with Gasteiger partial charge in [0.1, 0.15) is 0 Å². The normalized spacial score (nSPS) is 19.6. The van der Waals surface area contributed by atoms with Crippen molar-refractivity contribution in [2.45, 2.75) is 19.8 Å². The van der Waals surface area contributed by atoms with Crippen LogP contribution in [-0.4, -0.2) is 30.8 Å². The van der Waals surface area contributed by atoms with Crippen LogP contribution >= 0.6 is 11.3 Å². The molecular weight excluding hydrogens is 332 g/mol. The summed E-state index contributed by atoms with van der Waals surface area (Å²) in [5.41, 5.74) is 3.02. The van der Waals surface area contributed by atoms with E-state index in [9.17, 15) is 13.2 Å². The molecule has 0 radical (unpaired) electrons. The zero-order valence-corrected chi connectivity index (χ0v) is 14.4. The predicted molar refractivity (Wildman–Crippen MR) is 92.3 cm³/mol. The molecule has 1 aliphatic rings. The van der Waals surface area contributed by atoms with E-state index in [1.54, 1.807) is 0 Å². The molecule has 2 heterocycles. The van der Waals surface area contributed by atoms with E-state index in [1.165, 1.54) is 16.9 Å². The van der Waals surface area contributed by atoms with Crippen LogP contribution in [0, 0.1) is 12.8 Å². The minimum Gasteiger partial charge on any atom is -0.302 e. The van der Waals surface area contributed by atoms with Crippen LogP contribution in [0.25, 0.3) is 11.3 Å². The minimum absolute atomic E-state index is 0.0727. The Morgan fingerprint density at radius 2 is 2.09 bits per heavy atom. The van der Waals surface area contributed by atoms with Gasteiger partial charge >= 0.3 is 0 Å². The van der Waals surface area contributed by atoms with E-state index in [-0.39, 0.29) is 29.8 Å². The largest absolute Gasteiger partial charge is 0.302 e. The molecule has 1 aromatic heterocycles. The Bertz CT molecular complexity index is 810. The number of amides is 1. The Morgan fingerprint density at radius 3 is 2.74 bits per heavy atom. The summed E-state index contributed by atoms with van der Waals surface area (Å²) < 4.78 is 22.8. The maximum Gasteiger partial charge on any atom is 0.226 e. The zero-order chi connectivity index (χ0) is 16.4. The molecule has 0 aliphatic carbocycles. The van der Waals surface area contributed by atoms with E-state index in [0.717, 1.165) is 11.3 Å². The number of aromatic nitrogens is 1. The van der Waals surface area contributed by atoms with Crippen molar-refractivity contribution in [1.29, 1.82) is 0 Å². The second-order valence-corrected chi connectivity index (χ2v) is 9.01. The Morgan fingerprint density at radius 1 is 1.35 bits per heavy atom. The molecule has 2 aromatic rings. The topological polar surface area (TPSA) is 76.1 Å². The van der Waals surface area contributed by atoms with Crippen LogP contribution in [0.3, 0.4) is 0 Å². The second-order valence-electron chi connectivity index (χ2n) is 5.93. The number of anilines is 1. The average molecular weight is 350 g/mol. The van der Waals surface area contributed by atoms with Gasteiger partial charge in [-0.1, -0.05) is 29.8 Å². The third-order valence-electron chi connectivity index (χ3n) is 3.90. The lowest BCUT2D eigenvalue weighted by Crippen LogP contribution is -2.17. The summed E-state index contributed by atoms with van der Waals surface area (Å²) in [6.07, 6.45) is 0.806. The fourth-order valence-corrected chi connectivity index (χ4v) is 5.25. The molecule has 0 spiro atoms. The third-order valence-corrected chi connectivity index (χ3v) is 6.49. The van der Waals surface area contributed by atoms with Crippen molar-refractivity contribution in [3.63, 3.8) is 0 Å². The number of hydrogen-bond donors (Lipinski definition) is 1. The van der Waals surface area contributed by atoms with Crippen molar-refractivity contribution in [2.75, 3.05) is 16.8 Å². The highest BCUT2D eigenvalue weighted by atomic mass is 32.2. The van der Waals surface area contributed by atoms with Crippen molar-refractivity contribution in [3.05, 3.63) is 35.2 Å². The monoisotopic (exact) mass is 350 g/mol. The number of sulfone groups is 1. The molecule has 0 bridgehead atoms. The van der Waals surface area contributed by atoms with Gasteiger partial charge in [-0.05, 0) is 19.3 Å². The Kier molecular flexibility index (Phi) is 4.50. The highest BCUT2D eigenvalue weighted by Crippen LogP contribution is 2.26. The van der Waals surface area contributed by atoms with Crippen molar-refractivity contribution in [3.8, 4) is 11.3 Å². The van der Waals surface area contributed by atoms with Crippen molar-refractivity contribution in [2.24, 2.45) is 5.92 Å². The molecule has 1 amide bonds. The number of carbonyl (C=O) groups is 1. The van der Waals surface area contributed by atoms with Crippen LogP contribution in [0.1, 0.15) is 18.4 Å². The molecule has 1 aromatic carbocycles. The lowest BCUT2D eigenvalue weighted by atomic mass is 10.1. The van der Waals surface area contributed by atoms with E-state index in [2.05, 4.69) is 10.3 Å². The molecule has 1 saturated heterocycles. The summed E-state index contributed by atoms with van der Waals surface area (Å²) in [5, 5.41) is 5.22. The van der Waals surface area contributed by atoms with Gasteiger partial charge in [-0.2, -0.15) is 0 Å². The zero-order valence-electron chi connectivity index (χ0n) is 12.8. The summed E-state index contributed by atoms with van der Waals surface area (Å²) in [4.78, 5) is 16.5. The standard InChI is InChI=1S/C16H18N2O3S2/c1-11-2-4-13(5-3-11)14-9-22-16(17-14)18-15(19)8-12-6-7-23(20,21)10-12/h2-5,9,12H,6-8,10H2,1H3,(H,17,18,19). The van der Waals surface area contributed by atoms with Gasteiger partial charge in [-0.15, -0.1) is 11.3 Å². The van der Waals surface area contributed by atoms with Crippen molar-refractivity contribution >= 4 is 32.2 Å². The van der Waals surface area contributed by atoms with Gasteiger partial charge in [0, 0.05) is 17.4 Å². The van der Waals surface area contributed by atoms with Gasteiger partial charge in [-0.3, -0.25) is 4.79 Å². The van der Waals surface area contributed by atoms with Gasteiger partial charge in [0.2, 0.25) is 5.91 Å². The smallest absolute Gasteiger partial charge is 0.226 e. The number of benzene rings is 1. The fourth-order valence-electron chi connectivity index (χ4n) is 2.65. The van der Waals surface area contributed by atoms with E-state index in [1.807, 2.05) is 36.6 Å². The molecule has 7 heteroatoms. The molecule has 23 heavy (non-hydrogen) atoms. The first kappa shape index (κ1) is 16.1. The highest BCUT2D eigenvalue weighted by molar-refractivity contribution is 7.91. The van der Waals surface area contributed by atoms with Crippen molar-refractivity contribution < 1.29 is 13.2 Å². The SMILES string of the molecule is Cc1ccc(-c2csc(NC(=O)CC3CCS(=O)(=O)C3)n2)cc1. The lowest BCUT2D eigenvalue weighted by molar-refractivity contribution is -0.116. The lowest BCUT2D eigenvalue weighted by Gasteiger charge is -2.06. The number of nitrogens with zero attached hydrogens (tertiary/aromatic N) is 1. The van der Waals surface area contributed by atoms with Gasteiger partial charge in [-0.25, -0.2) is 13.4 Å². The van der Waals surface area contributed by atoms with E-state index in [4.69, 9.17) is 0 Å². The first-order chi connectivity index (χ1) is 10.9. The van der Waals surface area contributed by atoms with Crippen LogP contribution in [-0.2, 0) is 14.6 Å². The molecule has 0 saturated carbocycles. The maximum atomic E-state index is 12.0. The van der Waals surface area contributed by atoms with Gasteiger partial charge < -0.3 is 5.32 Å². The molecule has 1 unspecified atom stereocenters. The molecule has 1 aliphatic heterocycles. The van der Waals surface area contributed by atoms with E-state index in [0.29, 0.717) is 11.6 Å². The Labute approximate surface area is 139 Å². The molecular formula is C16H18N2O3S2. The molecule has 3 rings (SSSR count). The van der Waals surface area contributed by atoms with Gasteiger partial charge in [0.25, 0.3) is 0 Å². The molecule has 122 valence electrons. The predicted octanol–water partition coefficient (Wildman–Crippen LogP) is 2.88. The van der Waals surface area contributed by atoms with Crippen LogP contribution in [0.15, 0.2) is 29.6 Å². The van der Waals surface area contributed by atoms with E-state index < -0.39 is 9.84 Å². The summed E-state index contributed by atoms with van der Waals surface area (Å²) in [6, 6.07) is 8.04. The molecule has 1 atom stereocenters. The number of nitrogens with one attached hydrogen (secondary N) is 1.